The monoisotopic (exact) mass is 1310 g/mol. The van der Waals surface area contributed by atoms with Gasteiger partial charge in [0, 0.05) is 73.0 Å². The predicted octanol–water partition coefficient (Wildman–Crippen LogP) is 16.4. The Morgan fingerprint density at radius 3 is 0.594 bits per heavy atom. The summed E-state index contributed by atoms with van der Waals surface area (Å²) >= 11 is 0. The van der Waals surface area contributed by atoms with E-state index in [9.17, 15) is 58.8 Å². The highest BCUT2D eigenvalue weighted by molar-refractivity contribution is 5.93. The zero-order valence-electron chi connectivity index (χ0n) is 57.5. The van der Waals surface area contributed by atoms with Crippen molar-refractivity contribution in [2.75, 3.05) is 0 Å². The lowest BCUT2D eigenvalue weighted by atomic mass is 9.69. The molecule has 6 aromatic carbocycles. The van der Waals surface area contributed by atoms with Gasteiger partial charge in [0.25, 0.3) is 0 Å². The van der Waals surface area contributed by atoms with Crippen molar-refractivity contribution in [1.29, 1.82) is 0 Å². The Balaban J connectivity index is 0.000000238. The molecule has 0 saturated carbocycles. The highest BCUT2D eigenvalue weighted by Crippen LogP contribution is 2.63. The third-order valence-electron chi connectivity index (χ3n) is 19.1. The molecule has 0 unspecified atom stereocenters. The lowest BCUT2D eigenvalue weighted by Crippen LogP contribution is -2.32. The third kappa shape index (κ3) is 15.2. The van der Waals surface area contributed by atoms with Crippen molar-refractivity contribution in [2.24, 2.45) is 0 Å². The first-order valence-corrected chi connectivity index (χ1v) is 33.4. The molecule has 6 aromatic rings. The molecule has 0 atom stereocenters. The van der Waals surface area contributed by atoms with Gasteiger partial charge in [-0.1, -0.05) is 97.1 Å². The van der Waals surface area contributed by atoms with Crippen LogP contribution >= 0.6 is 0 Å². The normalized spacial score (nSPS) is 15.1. The first-order chi connectivity index (χ1) is 44.9. The Labute approximate surface area is 563 Å². The number of benzene rings is 6. The van der Waals surface area contributed by atoms with Gasteiger partial charge in [-0.15, -0.1) is 0 Å². The van der Waals surface area contributed by atoms with Crippen LogP contribution in [0.3, 0.4) is 0 Å². The van der Waals surface area contributed by atoms with Crippen LogP contribution in [0.2, 0.25) is 0 Å². The molecular formula is C80H92O16. The molecule has 0 amide bonds. The van der Waals surface area contributed by atoms with Crippen LogP contribution in [0.25, 0.3) is 44.5 Å². The molecule has 508 valence electrons. The summed E-state index contributed by atoms with van der Waals surface area (Å²) < 4.78 is 23.2. The van der Waals surface area contributed by atoms with Crippen LogP contribution in [-0.2, 0) is 79.0 Å². The van der Waals surface area contributed by atoms with E-state index >= 15 is 0 Å². The smallest absolute Gasteiger partial charge is 0.306 e. The van der Waals surface area contributed by atoms with Gasteiger partial charge in [0.05, 0.1) is 0 Å². The molecule has 4 aliphatic carbocycles. The van der Waals surface area contributed by atoms with E-state index < -0.39 is 67.9 Å². The van der Waals surface area contributed by atoms with Gasteiger partial charge in [0.1, 0.15) is 22.4 Å². The molecule has 16 heteroatoms. The zero-order valence-corrected chi connectivity index (χ0v) is 57.5. The Morgan fingerprint density at radius 1 is 0.260 bits per heavy atom. The van der Waals surface area contributed by atoms with Gasteiger partial charge in [0.2, 0.25) is 0 Å². The Morgan fingerprint density at radius 2 is 0.427 bits per heavy atom. The Hall–Kier alpha value is -8.92. The van der Waals surface area contributed by atoms with Crippen LogP contribution in [0.15, 0.2) is 121 Å². The van der Waals surface area contributed by atoms with E-state index in [0.29, 0.717) is 25.7 Å². The van der Waals surface area contributed by atoms with Crippen LogP contribution in [0.4, 0.5) is 0 Å². The summed E-state index contributed by atoms with van der Waals surface area (Å²) in [4.78, 5) is 100. The second-order valence-corrected chi connectivity index (χ2v) is 30.3. The SMILES string of the molecule is CC(C)(C)OC(=O)CCC1(CCC(=O)OC(C)(C)C)c2ccccc2-c2cc3c(cc21)-c1ccccc1C3(CCC(=O)OC(C)(C)C)CCC(=O)OC(C)(C)C.O=C(O)CCC1(CCC(=O)O)c2ccccc2-c2cc3c(cc21)-c1ccccc1C3(CCC(=O)O)CCC(=O)O. The van der Waals surface area contributed by atoms with Crippen LogP contribution in [0.1, 0.15) is 230 Å². The third-order valence-corrected chi connectivity index (χ3v) is 19.1. The van der Waals surface area contributed by atoms with Crippen molar-refractivity contribution in [3.63, 3.8) is 0 Å². The summed E-state index contributed by atoms with van der Waals surface area (Å²) in [5.41, 5.74) is 9.58. The summed E-state index contributed by atoms with van der Waals surface area (Å²) in [7, 11) is 0. The minimum absolute atomic E-state index is 0.137. The number of carbonyl (C=O) groups is 8. The molecule has 0 aromatic heterocycles. The Bertz CT molecular complexity index is 3670. The van der Waals surface area contributed by atoms with Crippen molar-refractivity contribution in [3.05, 3.63) is 166 Å². The quantitative estimate of drug-likeness (QED) is 0.0325. The molecule has 0 saturated heterocycles. The second-order valence-electron chi connectivity index (χ2n) is 30.3. The minimum atomic E-state index is -0.964. The van der Waals surface area contributed by atoms with Crippen molar-refractivity contribution in [3.8, 4) is 44.5 Å². The molecule has 0 heterocycles. The van der Waals surface area contributed by atoms with Gasteiger partial charge in [-0.2, -0.15) is 0 Å². The summed E-state index contributed by atoms with van der Waals surface area (Å²) in [5.74, 6) is -5.04. The van der Waals surface area contributed by atoms with Crippen molar-refractivity contribution in [2.45, 2.75) is 230 Å². The maximum Gasteiger partial charge on any atom is 0.306 e. The molecular weight excluding hydrogens is 1220 g/mol. The van der Waals surface area contributed by atoms with E-state index in [0.717, 1.165) is 89.0 Å². The first-order valence-electron chi connectivity index (χ1n) is 33.4. The van der Waals surface area contributed by atoms with E-state index in [-0.39, 0.29) is 101 Å². The van der Waals surface area contributed by atoms with E-state index in [1.54, 1.807) is 0 Å². The fourth-order valence-corrected chi connectivity index (χ4v) is 15.6. The second kappa shape index (κ2) is 27.3. The largest absolute Gasteiger partial charge is 0.481 e. The van der Waals surface area contributed by atoms with E-state index in [1.165, 1.54) is 0 Å². The molecule has 0 spiro atoms. The van der Waals surface area contributed by atoms with Gasteiger partial charge < -0.3 is 39.4 Å². The number of ether oxygens (including phenoxy) is 4. The highest BCUT2D eigenvalue weighted by atomic mass is 16.6. The van der Waals surface area contributed by atoms with Crippen molar-refractivity contribution >= 4 is 47.8 Å². The average Bonchev–Trinajstić information content (AvgIpc) is 1.54. The number of carboxylic acids is 4. The number of aliphatic carboxylic acids is 4. The maximum atomic E-state index is 13.4. The van der Waals surface area contributed by atoms with Crippen LogP contribution < -0.4 is 0 Å². The zero-order chi connectivity index (χ0) is 70.1. The average molecular weight is 1310 g/mol. The van der Waals surface area contributed by atoms with Crippen LogP contribution in [0.5, 0.6) is 0 Å². The van der Waals surface area contributed by atoms with Gasteiger partial charge in [-0.05, 0) is 248 Å². The van der Waals surface area contributed by atoms with Gasteiger partial charge in [-0.3, -0.25) is 38.4 Å². The lowest BCUT2D eigenvalue weighted by Gasteiger charge is -2.34. The molecule has 10 rings (SSSR count). The summed E-state index contributed by atoms with van der Waals surface area (Å²) in [6.45, 7) is 22.4. The van der Waals surface area contributed by atoms with Crippen molar-refractivity contribution < 1.29 is 77.7 Å². The summed E-state index contributed by atoms with van der Waals surface area (Å²) in [5, 5.41) is 38.4. The standard InChI is InChI=1S/C48H62O8.C32H30O8/c1-43(2,3)53-39(49)21-25-47(26-22-40(50)54-44(4,5)6)35-19-15-13-17-31(35)33-30-38-34(29-37(33)47)32-18-14-16-20-36(32)48(38,27-23-41(51)55-45(7,8)9)28-24-42(52)56-46(10,11)12;33-27(34)9-13-31(14-10-28(35)36)23-7-3-1-5-19(23)21-17-26-22(18-25(21)31)20-6-2-4-8-24(20)32(26,15-11-29(37)38)16-12-30(39)40/h13-20,29-30H,21-28H2,1-12H3;1-8,17-18H,9-16H2,(H,33,34)(H,35,36)(H,37,38)(H,39,40). The number of hydrogen-bond donors (Lipinski definition) is 4. The number of carbonyl (C=O) groups excluding carboxylic acids is 4. The number of hydrogen-bond acceptors (Lipinski definition) is 12. The number of esters is 4. The number of fused-ring (bicyclic) bond motifs is 12. The van der Waals surface area contributed by atoms with Gasteiger partial charge in [0.15, 0.2) is 0 Å². The predicted molar refractivity (Wildman–Crippen MR) is 366 cm³/mol. The van der Waals surface area contributed by atoms with E-state index in [2.05, 4.69) is 36.4 Å². The van der Waals surface area contributed by atoms with Gasteiger partial charge in [-0.25, -0.2) is 0 Å². The molecule has 4 N–H and O–H groups in total. The fraction of sp³-hybridized carbons (Fsp3) is 0.450. The molecule has 0 radical (unpaired) electrons. The van der Waals surface area contributed by atoms with E-state index in [1.807, 2.05) is 168 Å². The topological polar surface area (TPSA) is 254 Å². The molecule has 16 nitrogen and oxygen atoms in total. The summed E-state index contributed by atoms with van der Waals surface area (Å²) in [6, 6.07) is 40.3. The van der Waals surface area contributed by atoms with Crippen LogP contribution in [-0.4, -0.2) is 90.6 Å². The molecule has 0 bridgehead atoms. The Kier molecular flexibility index (Phi) is 20.3. The fourth-order valence-electron chi connectivity index (χ4n) is 15.6. The molecule has 0 aliphatic heterocycles. The maximum absolute atomic E-state index is 13.4. The molecule has 96 heavy (non-hydrogen) atoms. The number of rotatable bonds is 24. The molecule has 4 aliphatic rings. The number of carboxylic acid groups (broad SMARTS) is 4. The van der Waals surface area contributed by atoms with E-state index in [4.69, 9.17) is 18.9 Å². The van der Waals surface area contributed by atoms with Gasteiger partial charge >= 0.3 is 47.8 Å². The van der Waals surface area contributed by atoms with Crippen LogP contribution in [0, 0.1) is 0 Å². The highest BCUT2D eigenvalue weighted by Gasteiger charge is 2.51. The lowest BCUT2D eigenvalue weighted by molar-refractivity contribution is -0.157. The first kappa shape index (κ1) is 71.4. The molecule has 0 fully saturated rings. The van der Waals surface area contributed by atoms with Crippen molar-refractivity contribution in [1.82, 2.24) is 0 Å². The summed E-state index contributed by atoms with van der Waals surface area (Å²) in [6.07, 6.45) is 2.69. The minimum Gasteiger partial charge on any atom is -0.481 e.